The number of para-hydroxylation sites is 1. The number of carbonyl (C=O) groups is 1. The molecule has 3 aromatic carbocycles. The van der Waals surface area contributed by atoms with Gasteiger partial charge in [-0.15, -0.1) is 0 Å². The third-order valence-electron chi connectivity index (χ3n) is 5.03. The number of carbonyl (C=O) groups excluding carboxylic acids is 1. The summed E-state index contributed by atoms with van der Waals surface area (Å²) >= 11 is 9.75. The van der Waals surface area contributed by atoms with Crippen LogP contribution >= 0.6 is 27.5 Å². The number of H-pyrrole nitrogens is 1. The van der Waals surface area contributed by atoms with E-state index >= 15 is 0 Å². The minimum absolute atomic E-state index is 0.0528. The van der Waals surface area contributed by atoms with Crippen LogP contribution in [0.25, 0.3) is 10.9 Å². The monoisotopic (exact) mass is 467 g/mol. The normalized spacial score (nSPS) is 12.1. The Morgan fingerprint density at radius 1 is 1.07 bits per heavy atom. The van der Waals surface area contributed by atoms with E-state index < -0.39 is 0 Å². The molecule has 4 aromatic rings. The molecule has 4 rings (SSSR count). The molecule has 0 aliphatic rings. The molecule has 0 fully saturated rings. The summed E-state index contributed by atoms with van der Waals surface area (Å²) in [5, 5.41) is 1.71. The number of aromatic nitrogens is 1. The number of ketones is 1. The van der Waals surface area contributed by atoms with Crippen molar-refractivity contribution in [1.29, 1.82) is 0 Å². The van der Waals surface area contributed by atoms with Crippen molar-refractivity contribution in [3.8, 4) is 5.75 Å². The second kappa shape index (κ2) is 8.44. The molecule has 1 N–H and O–H groups in total. The molecule has 0 spiro atoms. The third-order valence-corrected chi connectivity index (χ3v) is 5.76. The van der Waals surface area contributed by atoms with Gasteiger partial charge in [0.2, 0.25) is 0 Å². The number of hydrogen-bond acceptors (Lipinski definition) is 2. The average molecular weight is 469 g/mol. The molecule has 0 aliphatic carbocycles. The molecule has 0 bridgehead atoms. The van der Waals surface area contributed by atoms with Crippen LogP contribution in [-0.4, -0.2) is 17.9 Å². The number of ether oxygens (including phenoxy) is 1. The first-order chi connectivity index (χ1) is 14.0. The Balaban J connectivity index is 1.81. The van der Waals surface area contributed by atoms with E-state index in [2.05, 4.69) is 33.0 Å². The molecule has 1 atom stereocenters. The summed E-state index contributed by atoms with van der Waals surface area (Å²) in [5.74, 6) is 0.541. The summed E-state index contributed by atoms with van der Waals surface area (Å²) in [4.78, 5) is 16.6. The summed E-state index contributed by atoms with van der Waals surface area (Å²) in [5.41, 5.74) is 3.54. The first kappa shape index (κ1) is 19.7. The number of benzene rings is 3. The summed E-state index contributed by atoms with van der Waals surface area (Å²) in [6.45, 7) is 0. The smallest absolute Gasteiger partial charge is 0.163 e. The molecule has 0 saturated carbocycles. The van der Waals surface area contributed by atoms with Crippen LogP contribution in [0.5, 0.6) is 5.75 Å². The quantitative estimate of drug-likeness (QED) is 0.310. The maximum absolute atomic E-state index is 13.1. The second-order valence-corrected chi connectivity index (χ2v) is 8.24. The fourth-order valence-corrected chi connectivity index (χ4v) is 4.19. The van der Waals surface area contributed by atoms with Gasteiger partial charge in [-0.25, -0.2) is 0 Å². The van der Waals surface area contributed by atoms with E-state index in [1.807, 2.05) is 54.6 Å². The number of hydrogen-bond donors (Lipinski definition) is 1. The Labute approximate surface area is 182 Å². The van der Waals surface area contributed by atoms with Gasteiger partial charge in [-0.05, 0) is 47.9 Å². The van der Waals surface area contributed by atoms with Gasteiger partial charge in [0, 0.05) is 44.2 Å². The van der Waals surface area contributed by atoms with E-state index in [0.717, 1.165) is 26.6 Å². The van der Waals surface area contributed by atoms with Gasteiger partial charge in [0.15, 0.2) is 5.78 Å². The Kier molecular flexibility index (Phi) is 5.74. The largest absolute Gasteiger partial charge is 0.496 e. The van der Waals surface area contributed by atoms with Gasteiger partial charge < -0.3 is 9.72 Å². The van der Waals surface area contributed by atoms with E-state index in [9.17, 15) is 4.79 Å². The predicted molar refractivity (Wildman–Crippen MR) is 121 cm³/mol. The van der Waals surface area contributed by atoms with E-state index in [4.69, 9.17) is 16.3 Å². The zero-order valence-corrected chi connectivity index (χ0v) is 18.1. The fourth-order valence-electron chi connectivity index (χ4n) is 3.61. The van der Waals surface area contributed by atoms with E-state index in [-0.39, 0.29) is 11.7 Å². The van der Waals surface area contributed by atoms with Crippen LogP contribution in [0.4, 0.5) is 0 Å². The van der Waals surface area contributed by atoms with Crippen molar-refractivity contribution in [2.24, 2.45) is 0 Å². The van der Waals surface area contributed by atoms with Crippen molar-refractivity contribution in [3.05, 3.63) is 99.1 Å². The maximum atomic E-state index is 13.1. The van der Waals surface area contributed by atoms with Crippen molar-refractivity contribution in [3.63, 3.8) is 0 Å². The van der Waals surface area contributed by atoms with Gasteiger partial charge >= 0.3 is 0 Å². The Morgan fingerprint density at radius 3 is 2.66 bits per heavy atom. The first-order valence-corrected chi connectivity index (χ1v) is 10.4. The molecule has 0 unspecified atom stereocenters. The van der Waals surface area contributed by atoms with Gasteiger partial charge in [0.05, 0.1) is 7.11 Å². The van der Waals surface area contributed by atoms with Crippen molar-refractivity contribution < 1.29 is 9.53 Å². The lowest BCUT2D eigenvalue weighted by atomic mass is 9.88. The highest BCUT2D eigenvalue weighted by molar-refractivity contribution is 9.10. The molecule has 1 heterocycles. The molecular weight excluding hydrogens is 450 g/mol. The van der Waals surface area contributed by atoms with E-state index in [0.29, 0.717) is 22.8 Å². The number of fused-ring (bicyclic) bond motifs is 1. The zero-order valence-electron chi connectivity index (χ0n) is 15.8. The Morgan fingerprint density at radius 2 is 1.90 bits per heavy atom. The van der Waals surface area contributed by atoms with Gasteiger partial charge in [0.1, 0.15) is 5.75 Å². The van der Waals surface area contributed by atoms with Crippen molar-refractivity contribution >= 4 is 44.2 Å². The minimum atomic E-state index is -0.220. The predicted octanol–water partition coefficient (Wildman–Crippen LogP) is 7.00. The van der Waals surface area contributed by atoms with Crippen molar-refractivity contribution in [1.82, 2.24) is 4.98 Å². The second-order valence-electron chi connectivity index (χ2n) is 6.89. The van der Waals surface area contributed by atoms with E-state index in [1.165, 1.54) is 0 Å². The highest BCUT2D eigenvalue weighted by atomic mass is 79.9. The highest BCUT2D eigenvalue weighted by Gasteiger charge is 2.24. The Hall–Kier alpha value is -2.56. The number of methoxy groups -OCH3 is 1. The molecular formula is C24H19BrClNO2. The molecule has 5 heteroatoms. The van der Waals surface area contributed by atoms with Crippen LogP contribution in [0.15, 0.2) is 77.3 Å². The number of nitrogens with one attached hydrogen (secondary N) is 1. The molecule has 0 saturated heterocycles. The standard InChI is InChI=1S/C24H19BrClNO2/c1-29-24-10-9-18(26)13-20(24)19(14-23(28)16-6-4-7-17(25)11-16)22-12-15-5-2-3-8-21(15)27-22/h2-13,19,27H,14H2,1H3/t19-/m1/s1. The van der Waals surface area contributed by atoms with E-state index in [1.54, 1.807) is 13.2 Å². The number of halogens is 2. The van der Waals surface area contributed by atoms with Crippen LogP contribution in [0.2, 0.25) is 5.02 Å². The van der Waals surface area contributed by atoms with Crippen molar-refractivity contribution in [2.45, 2.75) is 12.3 Å². The van der Waals surface area contributed by atoms with Gasteiger partial charge in [0.25, 0.3) is 0 Å². The van der Waals surface area contributed by atoms with Gasteiger partial charge in [-0.2, -0.15) is 0 Å². The number of Topliss-reactive ketones (excluding diaryl/α,β-unsaturated/α-hetero) is 1. The lowest BCUT2D eigenvalue weighted by Crippen LogP contribution is -2.11. The van der Waals surface area contributed by atoms with Crippen LogP contribution in [0, 0.1) is 0 Å². The summed E-state index contributed by atoms with van der Waals surface area (Å²) in [6, 6.07) is 23.1. The maximum Gasteiger partial charge on any atom is 0.163 e. The average Bonchev–Trinajstić information content (AvgIpc) is 3.15. The molecule has 0 aliphatic heterocycles. The highest BCUT2D eigenvalue weighted by Crippen LogP contribution is 2.37. The van der Waals surface area contributed by atoms with Crippen LogP contribution < -0.4 is 4.74 Å². The number of rotatable bonds is 6. The molecule has 0 amide bonds. The van der Waals surface area contributed by atoms with Crippen LogP contribution in [-0.2, 0) is 0 Å². The SMILES string of the molecule is COc1ccc(Cl)cc1[C@@H](CC(=O)c1cccc(Br)c1)c1cc2ccccc2[nH]1. The topological polar surface area (TPSA) is 42.1 Å². The van der Waals surface area contributed by atoms with Crippen LogP contribution in [0.3, 0.4) is 0 Å². The minimum Gasteiger partial charge on any atom is -0.496 e. The lowest BCUT2D eigenvalue weighted by Gasteiger charge is -2.19. The molecule has 3 nitrogen and oxygen atoms in total. The van der Waals surface area contributed by atoms with Gasteiger partial charge in [-0.1, -0.05) is 57.9 Å². The third kappa shape index (κ3) is 4.24. The molecule has 0 radical (unpaired) electrons. The lowest BCUT2D eigenvalue weighted by molar-refractivity contribution is 0.0977. The summed E-state index contributed by atoms with van der Waals surface area (Å²) in [7, 11) is 1.63. The molecule has 146 valence electrons. The van der Waals surface area contributed by atoms with Crippen LogP contribution in [0.1, 0.15) is 34.0 Å². The Bertz CT molecular complexity index is 1150. The fraction of sp³-hybridized carbons (Fsp3) is 0.125. The zero-order chi connectivity index (χ0) is 20.4. The summed E-state index contributed by atoms with van der Waals surface area (Å²) in [6.07, 6.45) is 0.292. The van der Waals surface area contributed by atoms with Gasteiger partial charge in [-0.3, -0.25) is 4.79 Å². The van der Waals surface area contributed by atoms with Crippen molar-refractivity contribution in [2.75, 3.05) is 7.11 Å². The number of aromatic amines is 1. The summed E-state index contributed by atoms with van der Waals surface area (Å²) < 4.78 is 6.47. The first-order valence-electron chi connectivity index (χ1n) is 9.25. The molecule has 1 aromatic heterocycles. The molecule has 29 heavy (non-hydrogen) atoms.